The fourth-order valence-corrected chi connectivity index (χ4v) is 4.00. The molecule has 0 saturated heterocycles. The molecule has 3 heteroatoms. The predicted molar refractivity (Wildman–Crippen MR) is 84.7 cm³/mol. The highest BCUT2D eigenvalue weighted by Crippen LogP contribution is 2.38. The maximum atomic E-state index is 5.84. The molecule has 2 rings (SSSR count). The summed E-state index contributed by atoms with van der Waals surface area (Å²) in [5.74, 6) is 7.44. The molecular weight excluding hydrogens is 300 g/mol. The Bertz CT molecular complexity index is 391. The highest BCUT2D eigenvalue weighted by atomic mass is 79.9. The van der Waals surface area contributed by atoms with E-state index in [2.05, 4.69) is 53.4 Å². The van der Waals surface area contributed by atoms with Crippen molar-refractivity contribution in [1.82, 2.24) is 5.43 Å². The molecule has 0 aromatic heterocycles. The van der Waals surface area contributed by atoms with Gasteiger partial charge in [-0.1, -0.05) is 48.2 Å². The molecule has 0 bridgehead atoms. The molecule has 0 spiro atoms. The summed E-state index contributed by atoms with van der Waals surface area (Å²) in [5, 5.41) is 0. The number of nitrogens with two attached hydrogens (primary N) is 1. The van der Waals surface area contributed by atoms with E-state index >= 15 is 0 Å². The normalized spacial score (nSPS) is 25.3. The topological polar surface area (TPSA) is 38.0 Å². The van der Waals surface area contributed by atoms with Gasteiger partial charge in [-0.25, -0.2) is 0 Å². The second kappa shape index (κ2) is 6.87. The predicted octanol–water partition coefficient (Wildman–Crippen LogP) is 4.48. The van der Waals surface area contributed by atoms with Crippen molar-refractivity contribution in [2.24, 2.45) is 17.7 Å². The molecule has 3 N–H and O–H groups in total. The van der Waals surface area contributed by atoms with E-state index < -0.39 is 0 Å². The van der Waals surface area contributed by atoms with Gasteiger partial charge in [-0.2, -0.15) is 0 Å². The molecule has 2 nitrogen and oxygen atoms in total. The van der Waals surface area contributed by atoms with Crippen molar-refractivity contribution < 1.29 is 0 Å². The Labute approximate surface area is 125 Å². The summed E-state index contributed by atoms with van der Waals surface area (Å²) in [5.41, 5.74) is 5.65. The van der Waals surface area contributed by atoms with Crippen molar-refractivity contribution in [2.45, 2.75) is 52.0 Å². The van der Waals surface area contributed by atoms with Gasteiger partial charge in [-0.15, -0.1) is 0 Å². The van der Waals surface area contributed by atoms with Crippen molar-refractivity contribution in [2.75, 3.05) is 0 Å². The number of hydrogen-bond donors (Lipinski definition) is 2. The summed E-state index contributed by atoms with van der Waals surface area (Å²) in [6.45, 7) is 4.44. The third-order valence-corrected chi connectivity index (χ3v) is 5.00. The molecule has 1 saturated carbocycles. The molecular formula is C16H25BrN2. The Morgan fingerprint density at radius 2 is 1.95 bits per heavy atom. The van der Waals surface area contributed by atoms with Gasteiger partial charge in [0, 0.05) is 10.5 Å². The number of benzene rings is 1. The van der Waals surface area contributed by atoms with E-state index in [1.54, 1.807) is 0 Å². The first kappa shape index (κ1) is 15.0. The van der Waals surface area contributed by atoms with Gasteiger partial charge in [0.05, 0.1) is 0 Å². The largest absolute Gasteiger partial charge is 0.271 e. The quantitative estimate of drug-likeness (QED) is 0.633. The van der Waals surface area contributed by atoms with E-state index in [9.17, 15) is 0 Å². The minimum Gasteiger partial charge on any atom is -0.271 e. The fraction of sp³-hybridized carbons (Fsp3) is 0.625. The molecule has 1 aromatic carbocycles. The van der Waals surface area contributed by atoms with Crippen LogP contribution in [-0.2, 0) is 0 Å². The summed E-state index contributed by atoms with van der Waals surface area (Å²) in [4.78, 5) is 0. The number of hydrazine groups is 1. The molecule has 1 atom stereocenters. The van der Waals surface area contributed by atoms with Gasteiger partial charge in [0.2, 0.25) is 0 Å². The van der Waals surface area contributed by atoms with Crippen LogP contribution in [0, 0.1) is 18.8 Å². The zero-order chi connectivity index (χ0) is 13.8. The molecule has 1 aliphatic rings. The first-order valence-corrected chi connectivity index (χ1v) is 8.16. The Morgan fingerprint density at radius 1 is 1.26 bits per heavy atom. The molecule has 0 heterocycles. The molecule has 1 unspecified atom stereocenters. The molecule has 19 heavy (non-hydrogen) atoms. The SMILES string of the molecule is CCC1CCC(C(NN)c2cc(C)cc(Br)c2)CC1. The molecule has 0 radical (unpaired) electrons. The van der Waals surface area contributed by atoms with E-state index in [-0.39, 0.29) is 6.04 Å². The summed E-state index contributed by atoms with van der Waals surface area (Å²) in [6.07, 6.45) is 6.61. The average Bonchev–Trinajstić information content (AvgIpc) is 2.39. The lowest BCUT2D eigenvalue weighted by atomic mass is 9.76. The van der Waals surface area contributed by atoms with Crippen molar-refractivity contribution in [3.8, 4) is 0 Å². The van der Waals surface area contributed by atoms with Crippen LogP contribution in [0.1, 0.15) is 56.2 Å². The lowest BCUT2D eigenvalue weighted by Gasteiger charge is -2.33. The third kappa shape index (κ3) is 3.80. The van der Waals surface area contributed by atoms with Crippen LogP contribution in [0.5, 0.6) is 0 Å². The van der Waals surface area contributed by atoms with Gasteiger partial charge in [-0.3, -0.25) is 11.3 Å². The van der Waals surface area contributed by atoms with Crippen LogP contribution < -0.4 is 11.3 Å². The lowest BCUT2D eigenvalue weighted by Crippen LogP contribution is -2.35. The summed E-state index contributed by atoms with van der Waals surface area (Å²) in [6, 6.07) is 6.88. The Balaban J connectivity index is 2.11. The van der Waals surface area contributed by atoms with Crippen molar-refractivity contribution in [3.05, 3.63) is 33.8 Å². The van der Waals surface area contributed by atoms with Crippen LogP contribution in [-0.4, -0.2) is 0 Å². The number of hydrogen-bond acceptors (Lipinski definition) is 2. The summed E-state index contributed by atoms with van der Waals surface area (Å²) < 4.78 is 1.14. The van der Waals surface area contributed by atoms with Crippen LogP contribution in [0.4, 0.5) is 0 Å². The molecule has 1 fully saturated rings. The van der Waals surface area contributed by atoms with Crippen LogP contribution in [0.15, 0.2) is 22.7 Å². The first-order chi connectivity index (χ1) is 9.13. The molecule has 0 aliphatic heterocycles. The Morgan fingerprint density at radius 3 is 2.47 bits per heavy atom. The van der Waals surface area contributed by atoms with E-state index in [4.69, 9.17) is 5.84 Å². The molecule has 0 amide bonds. The monoisotopic (exact) mass is 324 g/mol. The van der Waals surface area contributed by atoms with Crippen molar-refractivity contribution in [1.29, 1.82) is 0 Å². The van der Waals surface area contributed by atoms with E-state index in [1.165, 1.54) is 43.2 Å². The maximum absolute atomic E-state index is 5.84. The Kier molecular flexibility index (Phi) is 5.43. The smallest absolute Gasteiger partial charge is 0.0488 e. The molecule has 106 valence electrons. The van der Waals surface area contributed by atoms with E-state index in [0.717, 1.165) is 10.4 Å². The zero-order valence-corrected chi connectivity index (χ0v) is 13.5. The van der Waals surface area contributed by atoms with Gasteiger partial charge in [0.15, 0.2) is 0 Å². The highest BCUT2D eigenvalue weighted by Gasteiger charge is 2.27. The average molecular weight is 325 g/mol. The third-order valence-electron chi connectivity index (χ3n) is 4.54. The van der Waals surface area contributed by atoms with E-state index in [0.29, 0.717) is 5.92 Å². The summed E-state index contributed by atoms with van der Waals surface area (Å²) in [7, 11) is 0. The first-order valence-electron chi connectivity index (χ1n) is 7.37. The van der Waals surface area contributed by atoms with Gasteiger partial charge >= 0.3 is 0 Å². The maximum Gasteiger partial charge on any atom is 0.0488 e. The number of halogens is 1. The fourth-order valence-electron chi connectivity index (χ4n) is 3.38. The lowest BCUT2D eigenvalue weighted by molar-refractivity contribution is 0.219. The second-order valence-corrected chi connectivity index (χ2v) is 6.81. The number of rotatable bonds is 4. The van der Waals surface area contributed by atoms with Gasteiger partial charge in [-0.05, 0) is 54.9 Å². The standard InChI is InChI=1S/C16H25BrN2/c1-3-12-4-6-13(7-5-12)16(19-18)14-8-11(2)9-15(17)10-14/h8-10,12-13,16,19H,3-7,18H2,1-2H3. The highest BCUT2D eigenvalue weighted by molar-refractivity contribution is 9.10. The number of nitrogens with one attached hydrogen (secondary N) is 1. The van der Waals surface area contributed by atoms with Gasteiger partial charge < -0.3 is 0 Å². The molecule has 1 aromatic rings. The van der Waals surface area contributed by atoms with Crippen LogP contribution >= 0.6 is 15.9 Å². The second-order valence-electron chi connectivity index (χ2n) is 5.90. The minimum atomic E-state index is 0.286. The van der Waals surface area contributed by atoms with Crippen molar-refractivity contribution >= 4 is 15.9 Å². The van der Waals surface area contributed by atoms with E-state index in [1.807, 2.05) is 0 Å². The zero-order valence-electron chi connectivity index (χ0n) is 12.0. The Hall–Kier alpha value is -0.380. The minimum absolute atomic E-state index is 0.286. The van der Waals surface area contributed by atoms with Gasteiger partial charge in [0.1, 0.15) is 0 Å². The molecule has 1 aliphatic carbocycles. The van der Waals surface area contributed by atoms with Crippen LogP contribution in [0.25, 0.3) is 0 Å². The van der Waals surface area contributed by atoms with Crippen molar-refractivity contribution in [3.63, 3.8) is 0 Å². The number of aryl methyl sites for hydroxylation is 1. The van der Waals surface area contributed by atoms with Gasteiger partial charge in [0.25, 0.3) is 0 Å². The summed E-state index contributed by atoms with van der Waals surface area (Å²) >= 11 is 3.59. The van der Waals surface area contributed by atoms with Crippen LogP contribution in [0.3, 0.4) is 0 Å². The van der Waals surface area contributed by atoms with Crippen LogP contribution in [0.2, 0.25) is 0 Å².